The van der Waals surface area contributed by atoms with Crippen molar-refractivity contribution in [2.45, 2.75) is 99.8 Å². The number of para-hydroxylation sites is 1. The molecule has 0 radical (unpaired) electrons. The van der Waals surface area contributed by atoms with Gasteiger partial charge in [0.1, 0.15) is 11.2 Å². The van der Waals surface area contributed by atoms with Crippen molar-refractivity contribution in [3.05, 3.63) is 226 Å². The number of nitrogens with one attached hydrogen (secondary N) is 1. The first kappa shape index (κ1) is 39.5. The van der Waals surface area contributed by atoms with Gasteiger partial charge in [0.2, 0.25) is 0 Å². The Hall–Kier alpha value is -6.71. The second-order valence-corrected chi connectivity index (χ2v) is 20.6. The maximum atomic E-state index is 6.97. The van der Waals surface area contributed by atoms with Crippen LogP contribution in [0.3, 0.4) is 0 Å². The summed E-state index contributed by atoms with van der Waals surface area (Å²) >= 11 is 0. The standard InChI is InChI=1S/C64H56N2O/c1-6-19-41(20-7-1)58-59(42-21-8-2-9-22-42)66-61(60(65-58)43-23-10-3-11-24-43)48-27-18-26-47-52-38-45(30-32-57(52)67-62(47)48)44-29-31-54-49(37-44)51-40-55-50(39-56(51)64(54)35-16-5-17-36-64)46-25-12-13-28-53(46)63(55)33-14-4-15-34-63/h1-3,6-11,18-32,37-40,49,54,58,65H,4-5,12-17,33-36H2. The van der Waals surface area contributed by atoms with Crippen LogP contribution in [-0.2, 0) is 10.8 Å². The molecule has 7 aliphatic rings. The highest BCUT2D eigenvalue weighted by Crippen LogP contribution is 2.65. The van der Waals surface area contributed by atoms with Crippen LogP contribution in [0.15, 0.2) is 185 Å². The minimum Gasteiger partial charge on any atom is -0.455 e. The third-order valence-electron chi connectivity index (χ3n) is 17.3. The SMILES string of the molecule is C1=CC2C(C=C1c1ccc3oc4c(C5=C(c6ccccc6)NC(c6ccccc6)C(c6ccccc6)=N5)cccc4c3c1)c1cc3c(cc1C21CCCCC1)C1=CCCC=C1C31CCCCC1. The van der Waals surface area contributed by atoms with Crippen LogP contribution in [0.5, 0.6) is 0 Å². The molecule has 2 fully saturated rings. The first-order valence-electron chi connectivity index (χ1n) is 25.4. The molecule has 3 heteroatoms. The van der Waals surface area contributed by atoms with Crippen molar-refractivity contribution in [1.82, 2.24) is 5.32 Å². The van der Waals surface area contributed by atoms with Crippen LogP contribution in [0.2, 0.25) is 0 Å². The first-order chi connectivity index (χ1) is 33.2. The van der Waals surface area contributed by atoms with Gasteiger partial charge in [0, 0.05) is 33.1 Å². The molecule has 3 nitrogen and oxygen atoms in total. The molecule has 7 aromatic rings. The number of fused-ring (bicyclic) bond motifs is 13. The molecule has 0 amide bonds. The molecule has 14 rings (SSSR count). The molecule has 3 atom stereocenters. The Morgan fingerprint density at radius 1 is 0.597 bits per heavy atom. The van der Waals surface area contributed by atoms with Gasteiger partial charge in [-0.2, -0.15) is 0 Å². The van der Waals surface area contributed by atoms with Crippen molar-refractivity contribution in [2.24, 2.45) is 10.9 Å². The summed E-state index contributed by atoms with van der Waals surface area (Å²) in [4.78, 5) is 5.65. The van der Waals surface area contributed by atoms with Gasteiger partial charge in [-0.3, -0.25) is 0 Å². The maximum Gasteiger partial charge on any atom is 0.144 e. The van der Waals surface area contributed by atoms with Crippen molar-refractivity contribution in [1.29, 1.82) is 0 Å². The van der Waals surface area contributed by atoms with E-state index in [9.17, 15) is 0 Å². The number of rotatable bonds is 5. The van der Waals surface area contributed by atoms with Crippen LogP contribution < -0.4 is 5.32 Å². The lowest BCUT2D eigenvalue weighted by molar-refractivity contribution is 0.233. The highest BCUT2D eigenvalue weighted by molar-refractivity contribution is 6.16. The zero-order valence-electron chi connectivity index (χ0n) is 38.2. The average molecular weight is 869 g/mol. The van der Waals surface area contributed by atoms with Gasteiger partial charge < -0.3 is 9.73 Å². The summed E-state index contributed by atoms with van der Waals surface area (Å²) in [5, 5.41) is 6.26. The van der Waals surface area contributed by atoms with Crippen molar-refractivity contribution >= 4 is 50.2 Å². The molecule has 2 spiro atoms. The Bertz CT molecular complexity index is 3330. The number of hydrogen-bond acceptors (Lipinski definition) is 3. The number of aliphatic imine (C=N–C) groups is 1. The quantitative estimate of drug-likeness (QED) is 0.187. The van der Waals surface area contributed by atoms with Crippen molar-refractivity contribution in [3.63, 3.8) is 0 Å². The Labute approximate surface area is 394 Å². The highest BCUT2D eigenvalue weighted by Gasteiger charge is 2.54. The lowest BCUT2D eigenvalue weighted by Gasteiger charge is -2.41. The fourth-order valence-corrected chi connectivity index (χ4v) is 14.2. The summed E-state index contributed by atoms with van der Waals surface area (Å²) in [5.41, 5.74) is 21.8. The molecule has 6 aromatic carbocycles. The highest BCUT2D eigenvalue weighted by atomic mass is 16.3. The van der Waals surface area contributed by atoms with Crippen molar-refractivity contribution in [2.75, 3.05) is 0 Å². The summed E-state index contributed by atoms with van der Waals surface area (Å²) in [5.74, 6) is 0.887. The Morgan fingerprint density at radius 2 is 1.33 bits per heavy atom. The molecule has 1 aliphatic heterocycles. The number of allylic oxidation sites excluding steroid dienone is 8. The molecule has 2 saturated carbocycles. The van der Waals surface area contributed by atoms with E-state index >= 15 is 0 Å². The molecule has 6 aliphatic carbocycles. The van der Waals surface area contributed by atoms with Crippen LogP contribution in [0.1, 0.15) is 139 Å². The van der Waals surface area contributed by atoms with E-state index < -0.39 is 0 Å². The number of hydrogen-bond donors (Lipinski definition) is 1. The Morgan fingerprint density at radius 3 is 2.12 bits per heavy atom. The van der Waals surface area contributed by atoms with Gasteiger partial charge in [0.15, 0.2) is 0 Å². The van der Waals surface area contributed by atoms with E-state index in [1.54, 1.807) is 33.4 Å². The smallest absolute Gasteiger partial charge is 0.144 e. The van der Waals surface area contributed by atoms with Gasteiger partial charge in [-0.25, -0.2) is 4.99 Å². The van der Waals surface area contributed by atoms with E-state index in [0.717, 1.165) is 55.7 Å². The van der Waals surface area contributed by atoms with Gasteiger partial charge in [0.05, 0.1) is 23.1 Å². The third kappa shape index (κ3) is 5.99. The second kappa shape index (κ2) is 15.4. The van der Waals surface area contributed by atoms with E-state index in [1.807, 2.05) is 0 Å². The lowest BCUT2D eigenvalue weighted by Crippen LogP contribution is -2.34. The zero-order valence-corrected chi connectivity index (χ0v) is 38.2. The lowest BCUT2D eigenvalue weighted by atomic mass is 9.63. The number of nitrogens with zero attached hydrogens (tertiary/aromatic N) is 1. The number of furan rings is 1. The summed E-state index contributed by atoms with van der Waals surface area (Å²) in [7, 11) is 0. The zero-order chi connectivity index (χ0) is 44.1. The van der Waals surface area contributed by atoms with Crippen molar-refractivity contribution in [3.8, 4) is 0 Å². The summed E-state index contributed by atoms with van der Waals surface area (Å²) in [6.07, 6.45) is 28.7. The minimum absolute atomic E-state index is 0.135. The van der Waals surface area contributed by atoms with E-state index in [4.69, 9.17) is 9.41 Å². The van der Waals surface area contributed by atoms with Crippen LogP contribution >= 0.6 is 0 Å². The van der Waals surface area contributed by atoms with E-state index in [1.165, 1.54) is 93.7 Å². The van der Waals surface area contributed by atoms with E-state index in [0.29, 0.717) is 11.8 Å². The number of benzene rings is 6. The summed E-state index contributed by atoms with van der Waals surface area (Å²) in [6, 6.07) is 50.8. The molecule has 3 unspecified atom stereocenters. The van der Waals surface area contributed by atoms with E-state index in [2.05, 4.69) is 175 Å². The maximum absolute atomic E-state index is 6.97. The van der Waals surface area contributed by atoms with Gasteiger partial charge in [0.25, 0.3) is 0 Å². The fourth-order valence-electron chi connectivity index (χ4n) is 14.2. The fraction of sp³-hybridized carbons (Fsp3) is 0.266. The van der Waals surface area contributed by atoms with Crippen LogP contribution in [0.25, 0.3) is 44.5 Å². The molecule has 67 heavy (non-hydrogen) atoms. The molecular weight excluding hydrogens is 813 g/mol. The summed E-state index contributed by atoms with van der Waals surface area (Å²) in [6.45, 7) is 0. The normalized spacial score (nSPS) is 23.3. The predicted molar refractivity (Wildman–Crippen MR) is 277 cm³/mol. The monoisotopic (exact) mass is 868 g/mol. The van der Waals surface area contributed by atoms with Gasteiger partial charge in [-0.05, 0) is 130 Å². The van der Waals surface area contributed by atoms with Gasteiger partial charge in [-0.1, -0.05) is 184 Å². The first-order valence-corrected chi connectivity index (χ1v) is 25.4. The molecule has 1 aromatic heterocycles. The van der Waals surface area contributed by atoms with Gasteiger partial charge in [-0.15, -0.1) is 0 Å². The van der Waals surface area contributed by atoms with Crippen LogP contribution in [-0.4, -0.2) is 5.71 Å². The van der Waals surface area contributed by atoms with Crippen molar-refractivity contribution < 1.29 is 4.42 Å². The van der Waals surface area contributed by atoms with E-state index in [-0.39, 0.29) is 16.9 Å². The van der Waals surface area contributed by atoms with Crippen LogP contribution in [0.4, 0.5) is 0 Å². The molecular formula is C64H56N2O. The van der Waals surface area contributed by atoms with Gasteiger partial charge >= 0.3 is 0 Å². The molecule has 328 valence electrons. The molecule has 0 saturated heterocycles. The third-order valence-corrected chi connectivity index (χ3v) is 17.3. The second-order valence-electron chi connectivity index (χ2n) is 20.6. The molecule has 2 heterocycles. The average Bonchev–Trinajstić information content (AvgIpc) is 4.00. The Balaban J connectivity index is 0.896. The molecule has 1 N–H and O–H groups in total. The minimum atomic E-state index is -0.135. The predicted octanol–water partition coefficient (Wildman–Crippen LogP) is 16.1. The topological polar surface area (TPSA) is 37.5 Å². The Kier molecular flexibility index (Phi) is 9.08. The largest absolute Gasteiger partial charge is 0.455 e. The van der Waals surface area contributed by atoms with Crippen LogP contribution in [0, 0.1) is 5.92 Å². The summed E-state index contributed by atoms with van der Waals surface area (Å²) < 4.78 is 6.97. The molecule has 0 bridgehead atoms.